The molecule has 4 amide bonds. The Morgan fingerprint density at radius 2 is 1.65 bits per heavy atom. The van der Waals surface area contributed by atoms with E-state index in [2.05, 4.69) is 63.9 Å². The highest BCUT2D eigenvalue weighted by molar-refractivity contribution is 6.07. The third-order valence-corrected chi connectivity index (χ3v) is 16.3. The fourth-order valence-corrected chi connectivity index (χ4v) is 13.4. The minimum Gasteiger partial charge on any atom is -0.488 e. The summed E-state index contributed by atoms with van der Waals surface area (Å²) in [5.41, 5.74) is 6.50. The average molecular weight is 973 g/mol. The maximum atomic E-state index is 14.6. The van der Waals surface area contributed by atoms with Crippen LogP contribution in [0.2, 0.25) is 0 Å². The Kier molecular flexibility index (Phi) is 12.4. The number of amides is 4. The number of imidazole rings is 2. The molecule has 0 spiro atoms. The SMILES string of the molecule is COC[C@H]1C[C@@H](c2ncc(-c3ccc4c(c3)COc3cc5c(ccc6nc([C@@H]7CC[C@@H]8C9C(C[C@@H](C)O[C@@H]9C)[C@H](NC(=O)OC)C(=O)N87)[nH]c65)cc3-4)[nH]2)N(C(=O)[C@@H](NC(=O)OC)C2C[C@@H](C)O[C@H](C)C2)C1. The van der Waals surface area contributed by atoms with Crippen LogP contribution in [0.1, 0.15) is 95.5 Å². The van der Waals surface area contributed by atoms with E-state index in [4.69, 9.17) is 38.4 Å². The number of alkyl carbamates (subject to hydrolysis) is 2. The summed E-state index contributed by atoms with van der Waals surface area (Å²) in [6.07, 6.45) is 4.51. The fraction of sp³-hybridized carbons (Fsp3) is 0.547. The summed E-state index contributed by atoms with van der Waals surface area (Å²) in [5, 5.41) is 7.76. The molecule has 71 heavy (non-hydrogen) atoms. The van der Waals surface area contributed by atoms with Crippen LogP contribution in [-0.4, -0.2) is 131 Å². The van der Waals surface area contributed by atoms with Gasteiger partial charge in [0, 0.05) is 42.5 Å². The maximum absolute atomic E-state index is 14.6. The van der Waals surface area contributed by atoms with Crippen LogP contribution >= 0.6 is 0 Å². The van der Waals surface area contributed by atoms with E-state index in [-0.39, 0.29) is 78.0 Å². The molecule has 5 aromatic rings. The number of likely N-dealkylation sites (tertiary alicyclic amines) is 1. The largest absolute Gasteiger partial charge is 0.488 e. The lowest BCUT2D eigenvalue weighted by atomic mass is 9.69. The minimum atomic E-state index is -0.786. The van der Waals surface area contributed by atoms with Gasteiger partial charge in [-0.2, -0.15) is 0 Å². The van der Waals surface area contributed by atoms with Crippen LogP contribution in [0.15, 0.2) is 48.7 Å². The fourth-order valence-electron chi connectivity index (χ4n) is 13.4. The van der Waals surface area contributed by atoms with Crippen LogP contribution in [0.3, 0.4) is 0 Å². The molecular formula is C53H64N8O10. The summed E-state index contributed by atoms with van der Waals surface area (Å²) < 4.78 is 34.4. The number of benzene rings is 3. The number of carbonyl (C=O) groups is 4. The highest BCUT2D eigenvalue weighted by atomic mass is 16.5. The number of methoxy groups -OCH3 is 3. The first-order chi connectivity index (χ1) is 34.3. The Bertz CT molecular complexity index is 2870. The molecule has 11 rings (SSSR count). The number of carbonyl (C=O) groups excluding carboxylic acids is 4. The normalized spacial score (nSPS) is 30.5. The molecule has 6 aliphatic rings. The first kappa shape index (κ1) is 47.1. The lowest BCUT2D eigenvalue weighted by Crippen LogP contribution is -2.66. The second-order valence-electron chi connectivity index (χ2n) is 20.8. The van der Waals surface area contributed by atoms with Crippen LogP contribution in [0.4, 0.5) is 9.59 Å². The van der Waals surface area contributed by atoms with Gasteiger partial charge in [0.2, 0.25) is 11.8 Å². The minimum absolute atomic E-state index is 0.0225. The van der Waals surface area contributed by atoms with E-state index < -0.39 is 24.3 Å². The van der Waals surface area contributed by atoms with Crippen molar-refractivity contribution in [1.29, 1.82) is 0 Å². The van der Waals surface area contributed by atoms with Gasteiger partial charge in [0.1, 0.15) is 36.1 Å². The van der Waals surface area contributed by atoms with Crippen molar-refractivity contribution >= 4 is 45.8 Å². The Labute approximate surface area is 412 Å². The lowest BCUT2D eigenvalue weighted by molar-refractivity contribution is -0.168. The van der Waals surface area contributed by atoms with Gasteiger partial charge < -0.3 is 58.8 Å². The number of fused-ring (bicyclic) bond motifs is 9. The number of piperidine rings is 1. The van der Waals surface area contributed by atoms with Crippen molar-refractivity contribution in [2.45, 2.75) is 127 Å². The lowest BCUT2D eigenvalue weighted by Gasteiger charge is -2.52. The predicted molar refractivity (Wildman–Crippen MR) is 261 cm³/mol. The molecule has 0 radical (unpaired) electrons. The third-order valence-electron chi connectivity index (χ3n) is 16.3. The number of nitrogens with one attached hydrogen (secondary N) is 4. The maximum Gasteiger partial charge on any atom is 0.407 e. The second kappa shape index (κ2) is 18.7. The zero-order chi connectivity index (χ0) is 49.4. The van der Waals surface area contributed by atoms with Crippen molar-refractivity contribution in [3.05, 3.63) is 65.9 Å². The summed E-state index contributed by atoms with van der Waals surface area (Å²) in [5.74, 6) is 1.83. The summed E-state index contributed by atoms with van der Waals surface area (Å²) in [4.78, 5) is 75.3. The first-order valence-electron chi connectivity index (χ1n) is 25.2. The molecule has 5 saturated heterocycles. The van der Waals surface area contributed by atoms with Gasteiger partial charge in [-0.25, -0.2) is 19.6 Å². The molecule has 6 aliphatic heterocycles. The monoisotopic (exact) mass is 972 g/mol. The Morgan fingerprint density at radius 3 is 2.42 bits per heavy atom. The zero-order valence-electron chi connectivity index (χ0n) is 41.4. The van der Waals surface area contributed by atoms with Crippen molar-refractivity contribution in [2.75, 3.05) is 34.5 Å². The number of ether oxygens (including phenoxy) is 6. The van der Waals surface area contributed by atoms with E-state index >= 15 is 0 Å². The molecule has 2 aromatic heterocycles. The number of aromatic nitrogens is 4. The van der Waals surface area contributed by atoms with Crippen LogP contribution in [-0.2, 0) is 39.9 Å². The van der Waals surface area contributed by atoms with Crippen LogP contribution < -0.4 is 15.4 Å². The van der Waals surface area contributed by atoms with Crippen molar-refractivity contribution in [3.8, 4) is 28.1 Å². The number of aromatic amines is 2. The number of H-pyrrole nitrogens is 2. The summed E-state index contributed by atoms with van der Waals surface area (Å²) in [6, 6.07) is 12.5. The molecule has 0 aliphatic carbocycles. The van der Waals surface area contributed by atoms with E-state index in [1.165, 1.54) is 14.2 Å². The molecule has 5 fully saturated rings. The van der Waals surface area contributed by atoms with Gasteiger partial charge in [0.15, 0.2) is 0 Å². The molecule has 4 N–H and O–H groups in total. The average Bonchev–Trinajstić information content (AvgIpc) is 4.19. The van der Waals surface area contributed by atoms with Crippen molar-refractivity contribution in [1.82, 2.24) is 40.4 Å². The van der Waals surface area contributed by atoms with Gasteiger partial charge in [0.25, 0.3) is 0 Å². The van der Waals surface area contributed by atoms with Gasteiger partial charge in [-0.3, -0.25) is 9.59 Å². The van der Waals surface area contributed by atoms with E-state index in [1.807, 2.05) is 42.8 Å². The molecule has 0 saturated carbocycles. The van der Waals surface area contributed by atoms with Gasteiger partial charge in [-0.1, -0.05) is 18.2 Å². The van der Waals surface area contributed by atoms with Gasteiger partial charge in [-0.05, 0) is 124 Å². The number of hydrogen-bond donors (Lipinski definition) is 4. The summed E-state index contributed by atoms with van der Waals surface area (Å²) in [7, 11) is 4.30. The molecule has 18 nitrogen and oxygen atoms in total. The van der Waals surface area contributed by atoms with Crippen LogP contribution in [0.25, 0.3) is 44.2 Å². The highest BCUT2D eigenvalue weighted by Crippen LogP contribution is 2.50. The van der Waals surface area contributed by atoms with Gasteiger partial charge in [-0.15, -0.1) is 0 Å². The molecule has 2 unspecified atom stereocenters. The Morgan fingerprint density at radius 1 is 0.859 bits per heavy atom. The zero-order valence-corrected chi connectivity index (χ0v) is 41.4. The smallest absolute Gasteiger partial charge is 0.407 e. The van der Waals surface area contributed by atoms with Crippen LogP contribution in [0.5, 0.6) is 5.75 Å². The summed E-state index contributed by atoms with van der Waals surface area (Å²) in [6.45, 7) is 9.42. The first-order valence-corrected chi connectivity index (χ1v) is 25.2. The van der Waals surface area contributed by atoms with E-state index in [0.717, 1.165) is 74.2 Å². The quantitative estimate of drug-likeness (QED) is 0.114. The number of hydrogen-bond acceptors (Lipinski definition) is 12. The van der Waals surface area contributed by atoms with Crippen molar-refractivity contribution in [2.24, 2.45) is 23.7 Å². The molecule has 18 heteroatoms. The second-order valence-corrected chi connectivity index (χ2v) is 20.8. The summed E-state index contributed by atoms with van der Waals surface area (Å²) >= 11 is 0. The Hall–Kier alpha value is -6.24. The molecule has 3 aromatic carbocycles. The van der Waals surface area contributed by atoms with Gasteiger partial charge >= 0.3 is 12.2 Å². The highest BCUT2D eigenvalue weighted by Gasteiger charge is 2.57. The number of nitrogens with zero attached hydrogens (tertiary/aromatic N) is 4. The molecule has 0 bridgehead atoms. The Balaban J connectivity index is 0.850. The molecule has 376 valence electrons. The molecular weight excluding hydrogens is 909 g/mol. The number of rotatable bonds is 9. The third kappa shape index (κ3) is 8.44. The van der Waals surface area contributed by atoms with Gasteiger partial charge in [0.05, 0.1) is 80.3 Å². The molecule has 12 atom stereocenters. The van der Waals surface area contributed by atoms with Crippen molar-refractivity contribution < 1.29 is 47.6 Å². The van der Waals surface area contributed by atoms with E-state index in [0.29, 0.717) is 51.3 Å². The van der Waals surface area contributed by atoms with Crippen LogP contribution in [0, 0.1) is 23.7 Å². The standard InChI is InChI=1S/C53H64N8O10/c1-25-14-32(15-26(2)70-25)45(58-52(64)67-6)50(62)60-22-29(23-66-5)17-42(60)48-54-21-39(56-48)31-8-10-34-33(18-31)24-69-43-20-35-30(19-36(34)43)9-11-38-46(35)57-49(55-38)41-13-12-40-44-28(4)71-27(3)16-37(44)47(51(63)61(40)41)59-53(65)68-7/h8-11,18-21,25-29,32,37,40-42,44-45,47H,12-17,22-24H2,1-7H3,(H,54,56)(H,55,57)(H,58,64)(H,59,65)/t25-,26-,27-,28-,29+,37?,40-,41+,42+,44?,45+,47+/m1/s1. The predicted octanol–water partition coefficient (Wildman–Crippen LogP) is 7.33. The van der Waals surface area contributed by atoms with E-state index in [9.17, 15) is 19.2 Å². The molecule has 8 heterocycles. The van der Waals surface area contributed by atoms with Crippen molar-refractivity contribution in [3.63, 3.8) is 0 Å². The topological polar surface area (TPSA) is 212 Å². The van der Waals surface area contributed by atoms with E-state index in [1.54, 1.807) is 7.11 Å².